The van der Waals surface area contributed by atoms with Gasteiger partial charge < -0.3 is 8.68 Å². The largest absolute Gasteiger partial charge is 0.312 e. The molecule has 4 nitrogen and oxygen atoms in total. The van der Waals surface area contributed by atoms with Gasteiger partial charge in [-0.25, -0.2) is 9.97 Å². The van der Waals surface area contributed by atoms with Crippen LogP contribution in [0.25, 0.3) is 22.1 Å². The molecule has 0 aliphatic rings. The Hall–Kier alpha value is -0.980. The van der Waals surface area contributed by atoms with Gasteiger partial charge in [-0.1, -0.05) is 0 Å². The Balaban J connectivity index is 2.53. The zero-order valence-corrected chi connectivity index (χ0v) is 11.4. The molecule has 0 spiro atoms. The second-order valence-electron chi connectivity index (χ2n) is 3.89. The number of aryl methyl sites for hydroxylation is 2. The van der Waals surface area contributed by atoms with Crippen molar-refractivity contribution in [1.82, 2.24) is 18.6 Å². The fourth-order valence-electron chi connectivity index (χ4n) is 1.92. The first-order chi connectivity index (χ1) is 7.58. The van der Waals surface area contributed by atoms with Crippen LogP contribution in [-0.4, -0.2) is 18.6 Å². The van der Waals surface area contributed by atoms with Crippen LogP contribution in [0.3, 0.4) is 0 Å². The average Bonchev–Trinajstić information content (AvgIpc) is 2.66. The summed E-state index contributed by atoms with van der Waals surface area (Å²) in [5, 5.41) is 0. The summed E-state index contributed by atoms with van der Waals surface area (Å²) < 4.78 is 4.03. The molecular weight excluding hydrogens is 238 g/mol. The van der Waals surface area contributed by atoms with E-state index in [1.165, 1.54) is 0 Å². The number of hydrogen-bond acceptors (Lipinski definition) is 2. The summed E-state index contributed by atoms with van der Waals surface area (Å²) in [7, 11) is 5.36. The molecule has 2 aromatic heterocycles. The van der Waals surface area contributed by atoms with Crippen molar-refractivity contribution in [2.24, 2.45) is 0 Å². The predicted octanol–water partition coefficient (Wildman–Crippen LogP) is 2.28. The Bertz CT molecular complexity index is 653. The zero-order valence-electron chi connectivity index (χ0n) is 9.10. The summed E-state index contributed by atoms with van der Waals surface area (Å²) >= 11 is 0. The molecule has 3 aromatic rings. The lowest BCUT2D eigenvalue weighted by Crippen LogP contribution is -1.84. The van der Waals surface area contributed by atoms with E-state index in [0.29, 0.717) is 0 Å². The van der Waals surface area contributed by atoms with E-state index >= 15 is 0 Å². The van der Waals surface area contributed by atoms with Crippen molar-refractivity contribution in [3.8, 4) is 0 Å². The first-order valence-corrected chi connectivity index (χ1v) is 5.99. The highest BCUT2D eigenvalue weighted by Gasteiger charge is 2.10. The number of rotatable bonds is 0. The first kappa shape index (κ1) is 10.2. The molecule has 6 heteroatoms. The van der Waals surface area contributed by atoms with Gasteiger partial charge in [0.05, 0.1) is 22.1 Å². The number of hydrogen-bond donors (Lipinski definition) is 0. The van der Waals surface area contributed by atoms with Gasteiger partial charge in [-0.15, -0.1) is 0 Å². The lowest BCUT2D eigenvalue weighted by Gasteiger charge is -1.98. The predicted molar refractivity (Wildman–Crippen MR) is 72.7 cm³/mol. The molecule has 82 valence electrons. The maximum absolute atomic E-state index is 4.49. The van der Waals surface area contributed by atoms with Crippen LogP contribution in [0, 0.1) is 13.8 Å². The Morgan fingerprint density at radius 3 is 1.75 bits per heavy atom. The highest BCUT2D eigenvalue weighted by molar-refractivity contribution is 7.15. The summed E-state index contributed by atoms with van der Waals surface area (Å²) in [5.74, 6) is 1.97. The molecular formula is C10H12N4P2. The van der Waals surface area contributed by atoms with E-state index in [1.807, 2.05) is 28.6 Å². The van der Waals surface area contributed by atoms with Crippen molar-refractivity contribution >= 4 is 40.8 Å². The van der Waals surface area contributed by atoms with Crippen molar-refractivity contribution in [3.63, 3.8) is 0 Å². The van der Waals surface area contributed by atoms with Crippen LogP contribution in [0.15, 0.2) is 12.1 Å². The maximum Gasteiger partial charge on any atom is 0.109 e. The summed E-state index contributed by atoms with van der Waals surface area (Å²) in [6.07, 6.45) is 0. The molecule has 0 amide bonds. The van der Waals surface area contributed by atoms with Crippen LogP contribution in [0.4, 0.5) is 0 Å². The SMILES string of the molecule is Cc1nc2cc3nc(C)n(P)c3cc2n1P. The van der Waals surface area contributed by atoms with E-state index in [1.54, 1.807) is 0 Å². The fraction of sp³-hybridized carbons (Fsp3) is 0.200. The molecule has 1 aromatic carbocycles. The molecule has 16 heavy (non-hydrogen) atoms. The first-order valence-electron chi connectivity index (χ1n) is 4.96. The van der Waals surface area contributed by atoms with Crippen LogP contribution in [0.2, 0.25) is 0 Å². The number of fused-ring (bicyclic) bond motifs is 2. The minimum absolute atomic E-state index is 0.986. The molecule has 0 bridgehead atoms. The third-order valence-corrected chi connectivity index (χ3v) is 4.16. The van der Waals surface area contributed by atoms with Crippen molar-refractivity contribution in [2.45, 2.75) is 13.8 Å². The third kappa shape index (κ3) is 1.24. The number of imidazole rings is 2. The zero-order chi connectivity index (χ0) is 11.4. The third-order valence-electron chi connectivity index (χ3n) is 2.85. The molecule has 0 aliphatic carbocycles. The lowest BCUT2D eigenvalue weighted by molar-refractivity contribution is 1.11. The highest BCUT2D eigenvalue weighted by atomic mass is 31.0. The van der Waals surface area contributed by atoms with Crippen LogP contribution in [-0.2, 0) is 0 Å². The molecule has 0 fully saturated rings. The van der Waals surface area contributed by atoms with Crippen molar-refractivity contribution < 1.29 is 0 Å². The van der Waals surface area contributed by atoms with E-state index in [0.717, 1.165) is 33.7 Å². The van der Waals surface area contributed by atoms with Gasteiger partial charge in [0.25, 0.3) is 0 Å². The molecule has 3 rings (SSSR count). The summed E-state index contributed by atoms with van der Waals surface area (Å²) in [5.41, 5.74) is 4.20. The van der Waals surface area contributed by atoms with Gasteiger partial charge in [0.1, 0.15) is 11.6 Å². The summed E-state index contributed by atoms with van der Waals surface area (Å²) in [6.45, 7) is 3.98. The van der Waals surface area contributed by atoms with E-state index in [-0.39, 0.29) is 0 Å². The second kappa shape index (κ2) is 3.26. The molecule has 0 N–H and O–H groups in total. The summed E-state index contributed by atoms with van der Waals surface area (Å²) in [6, 6.07) is 4.15. The maximum atomic E-state index is 4.49. The van der Waals surface area contributed by atoms with E-state index in [2.05, 4.69) is 34.8 Å². The van der Waals surface area contributed by atoms with Crippen LogP contribution in [0.5, 0.6) is 0 Å². The van der Waals surface area contributed by atoms with E-state index in [4.69, 9.17) is 0 Å². The van der Waals surface area contributed by atoms with Gasteiger partial charge in [0.15, 0.2) is 0 Å². The number of benzene rings is 1. The van der Waals surface area contributed by atoms with Crippen molar-refractivity contribution in [1.29, 1.82) is 0 Å². The van der Waals surface area contributed by atoms with Gasteiger partial charge >= 0.3 is 0 Å². The van der Waals surface area contributed by atoms with Crippen LogP contribution in [0.1, 0.15) is 11.6 Å². The summed E-state index contributed by atoms with van der Waals surface area (Å²) in [4.78, 5) is 8.98. The Kier molecular flexibility index (Phi) is 2.07. The minimum atomic E-state index is 0.986. The number of nitrogens with zero attached hydrogens (tertiary/aromatic N) is 4. The van der Waals surface area contributed by atoms with Gasteiger partial charge in [-0.05, 0) is 44.8 Å². The van der Waals surface area contributed by atoms with Crippen LogP contribution < -0.4 is 0 Å². The highest BCUT2D eigenvalue weighted by Crippen LogP contribution is 2.26. The number of aromatic nitrogens is 4. The normalized spacial score (nSPS) is 11.8. The monoisotopic (exact) mass is 250 g/mol. The average molecular weight is 250 g/mol. The Morgan fingerprint density at radius 1 is 0.875 bits per heavy atom. The molecule has 2 heterocycles. The molecule has 0 saturated heterocycles. The van der Waals surface area contributed by atoms with Crippen LogP contribution >= 0.6 is 18.8 Å². The quantitative estimate of drug-likeness (QED) is 0.574. The Labute approximate surface area is 97.6 Å². The molecule has 2 unspecified atom stereocenters. The fourth-order valence-corrected chi connectivity index (χ4v) is 2.45. The molecule has 0 saturated carbocycles. The molecule has 0 aliphatic heterocycles. The van der Waals surface area contributed by atoms with Crippen molar-refractivity contribution in [2.75, 3.05) is 0 Å². The molecule has 2 atom stereocenters. The van der Waals surface area contributed by atoms with Gasteiger partial charge in [0.2, 0.25) is 0 Å². The molecule has 0 radical (unpaired) electrons. The van der Waals surface area contributed by atoms with Gasteiger partial charge in [-0.2, -0.15) is 0 Å². The van der Waals surface area contributed by atoms with Gasteiger partial charge in [0, 0.05) is 0 Å². The minimum Gasteiger partial charge on any atom is -0.312 e. The van der Waals surface area contributed by atoms with Gasteiger partial charge in [-0.3, -0.25) is 0 Å². The topological polar surface area (TPSA) is 35.6 Å². The smallest absolute Gasteiger partial charge is 0.109 e. The lowest BCUT2D eigenvalue weighted by atomic mass is 10.3. The van der Waals surface area contributed by atoms with Crippen molar-refractivity contribution in [3.05, 3.63) is 23.8 Å². The second-order valence-corrected chi connectivity index (χ2v) is 4.92. The Morgan fingerprint density at radius 2 is 1.31 bits per heavy atom. The van der Waals surface area contributed by atoms with E-state index < -0.39 is 0 Å². The van der Waals surface area contributed by atoms with E-state index in [9.17, 15) is 0 Å². The standard InChI is InChI=1S/C10H12N4P2/c1-5-11-7-3-8-10(4-9(7)13(5)15)14(16)6(2)12-8/h3-4H,15-16H2,1-2H3.